The van der Waals surface area contributed by atoms with Crippen LogP contribution in [0.1, 0.15) is 33.1 Å². The topological polar surface area (TPSA) is 95.9 Å². The SMILES string of the molecule is COC1CCN(C(=O)NC(=O)CC(C)(C)C(=O)O)CC1. The Morgan fingerprint density at radius 3 is 2.30 bits per heavy atom. The van der Waals surface area contributed by atoms with Gasteiger partial charge in [0.1, 0.15) is 0 Å². The number of amides is 3. The highest BCUT2D eigenvalue weighted by Gasteiger charge is 2.31. The first kappa shape index (κ1) is 16.4. The molecule has 1 heterocycles. The monoisotopic (exact) mass is 286 g/mol. The third-order valence-corrected chi connectivity index (χ3v) is 3.49. The molecule has 1 aliphatic heterocycles. The minimum absolute atomic E-state index is 0.153. The number of hydrogen-bond acceptors (Lipinski definition) is 4. The standard InChI is InChI=1S/C13H22N2O5/c1-13(2,11(17)18)8-10(16)14-12(19)15-6-4-9(20-3)5-7-15/h9H,4-8H2,1-3H3,(H,17,18)(H,14,16,19). The van der Waals surface area contributed by atoms with Crippen molar-refractivity contribution in [3.05, 3.63) is 0 Å². The van der Waals surface area contributed by atoms with E-state index < -0.39 is 23.3 Å². The number of nitrogens with one attached hydrogen (secondary N) is 1. The molecule has 0 saturated carbocycles. The molecule has 0 aromatic heterocycles. The summed E-state index contributed by atoms with van der Waals surface area (Å²) in [5.41, 5.74) is -1.19. The Morgan fingerprint density at radius 2 is 1.85 bits per heavy atom. The van der Waals surface area contributed by atoms with E-state index in [1.807, 2.05) is 0 Å². The number of carboxylic acids is 1. The van der Waals surface area contributed by atoms with E-state index in [4.69, 9.17) is 9.84 Å². The number of ether oxygens (including phenoxy) is 1. The van der Waals surface area contributed by atoms with E-state index in [1.165, 1.54) is 13.8 Å². The minimum atomic E-state index is -1.19. The van der Waals surface area contributed by atoms with Crippen LogP contribution in [0.2, 0.25) is 0 Å². The molecular weight excluding hydrogens is 264 g/mol. The van der Waals surface area contributed by atoms with Gasteiger partial charge >= 0.3 is 12.0 Å². The van der Waals surface area contributed by atoms with E-state index in [0.29, 0.717) is 13.1 Å². The molecule has 114 valence electrons. The number of carbonyl (C=O) groups is 3. The summed E-state index contributed by atoms with van der Waals surface area (Å²) in [6, 6.07) is -0.467. The Bertz CT molecular complexity index is 386. The number of urea groups is 1. The second-order valence-corrected chi connectivity index (χ2v) is 5.64. The van der Waals surface area contributed by atoms with E-state index >= 15 is 0 Å². The van der Waals surface area contributed by atoms with Crippen molar-refractivity contribution in [3.8, 4) is 0 Å². The Kier molecular flexibility index (Phi) is 5.50. The van der Waals surface area contributed by atoms with E-state index in [-0.39, 0.29) is 12.5 Å². The smallest absolute Gasteiger partial charge is 0.324 e. The lowest BCUT2D eigenvalue weighted by Crippen LogP contribution is -2.48. The molecule has 1 rings (SSSR count). The maximum atomic E-state index is 11.9. The van der Waals surface area contributed by atoms with Gasteiger partial charge in [-0.2, -0.15) is 0 Å². The lowest BCUT2D eigenvalue weighted by Gasteiger charge is -2.31. The van der Waals surface area contributed by atoms with Gasteiger partial charge in [-0.1, -0.05) is 0 Å². The van der Waals surface area contributed by atoms with Crippen molar-refractivity contribution >= 4 is 17.9 Å². The summed E-state index contributed by atoms with van der Waals surface area (Å²) >= 11 is 0. The molecule has 0 unspecified atom stereocenters. The zero-order valence-electron chi connectivity index (χ0n) is 12.1. The van der Waals surface area contributed by atoms with Gasteiger partial charge in [-0.15, -0.1) is 0 Å². The number of methoxy groups -OCH3 is 1. The normalized spacial score (nSPS) is 16.9. The summed E-state index contributed by atoms with van der Waals surface area (Å²) < 4.78 is 5.20. The van der Waals surface area contributed by atoms with Crippen molar-refractivity contribution in [2.75, 3.05) is 20.2 Å². The fourth-order valence-electron chi connectivity index (χ4n) is 2.01. The molecule has 1 saturated heterocycles. The molecule has 20 heavy (non-hydrogen) atoms. The first-order valence-corrected chi connectivity index (χ1v) is 6.61. The maximum absolute atomic E-state index is 11.9. The van der Waals surface area contributed by atoms with E-state index in [9.17, 15) is 14.4 Å². The Hall–Kier alpha value is -1.63. The van der Waals surface area contributed by atoms with Crippen LogP contribution in [-0.2, 0) is 14.3 Å². The summed E-state index contributed by atoms with van der Waals surface area (Å²) in [4.78, 5) is 36.0. The number of rotatable bonds is 4. The number of aliphatic carboxylic acids is 1. The van der Waals surface area contributed by atoms with Gasteiger partial charge in [-0.3, -0.25) is 14.9 Å². The number of carboxylic acid groups (broad SMARTS) is 1. The van der Waals surface area contributed by atoms with Gasteiger partial charge in [0.25, 0.3) is 0 Å². The zero-order valence-corrected chi connectivity index (χ0v) is 12.1. The minimum Gasteiger partial charge on any atom is -0.481 e. The Balaban J connectivity index is 2.43. The maximum Gasteiger partial charge on any atom is 0.324 e. The second kappa shape index (κ2) is 6.69. The number of piperidine rings is 1. The third kappa shape index (κ3) is 4.48. The zero-order chi connectivity index (χ0) is 15.3. The molecule has 7 heteroatoms. The summed E-state index contributed by atoms with van der Waals surface area (Å²) in [7, 11) is 1.64. The van der Waals surface area contributed by atoms with Gasteiger partial charge in [-0.05, 0) is 26.7 Å². The van der Waals surface area contributed by atoms with Crippen LogP contribution >= 0.6 is 0 Å². The lowest BCUT2D eigenvalue weighted by atomic mass is 9.89. The summed E-state index contributed by atoms with van der Waals surface area (Å²) in [6.45, 7) is 3.95. The number of nitrogens with zero attached hydrogens (tertiary/aromatic N) is 1. The molecule has 0 aliphatic carbocycles. The van der Waals surface area contributed by atoms with Crippen molar-refractivity contribution in [2.45, 2.75) is 39.2 Å². The molecule has 0 aromatic rings. The van der Waals surface area contributed by atoms with E-state index in [1.54, 1.807) is 12.0 Å². The predicted molar refractivity (Wildman–Crippen MR) is 71.2 cm³/mol. The Labute approximate surface area is 118 Å². The lowest BCUT2D eigenvalue weighted by molar-refractivity contribution is -0.149. The van der Waals surface area contributed by atoms with Gasteiger partial charge in [0.2, 0.25) is 5.91 Å². The van der Waals surface area contributed by atoms with Crippen LogP contribution in [0.15, 0.2) is 0 Å². The largest absolute Gasteiger partial charge is 0.481 e. The molecule has 3 amide bonds. The molecule has 7 nitrogen and oxygen atoms in total. The second-order valence-electron chi connectivity index (χ2n) is 5.64. The molecule has 1 aliphatic rings. The van der Waals surface area contributed by atoms with Crippen molar-refractivity contribution in [1.29, 1.82) is 0 Å². The molecule has 0 bridgehead atoms. The highest BCUT2D eigenvalue weighted by Crippen LogP contribution is 2.20. The van der Waals surface area contributed by atoms with Crippen LogP contribution in [-0.4, -0.2) is 54.2 Å². The van der Waals surface area contributed by atoms with Gasteiger partial charge in [0, 0.05) is 26.6 Å². The molecule has 0 spiro atoms. The molecule has 0 radical (unpaired) electrons. The number of carbonyl (C=O) groups excluding carboxylic acids is 2. The first-order valence-electron chi connectivity index (χ1n) is 6.61. The van der Waals surface area contributed by atoms with E-state index in [0.717, 1.165) is 12.8 Å². The molecule has 0 atom stereocenters. The summed E-state index contributed by atoms with van der Waals surface area (Å²) in [6.07, 6.45) is 1.39. The van der Waals surface area contributed by atoms with Crippen LogP contribution in [0.4, 0.5) is 4.79 Å². The average molecular weight is 286 g/mol. The van der Waals surface area contributed by atoms with Crippen molar-refractivity contribution < 1.29 is 24.2 Å². The number of imide groups is 1. The molecule has 2 N–H and O–H groups in total. The Morgan fingerprint density at radius 1 is 1.30 bits per heavy atom. The third-order valence-electron chi connectivity index (χ3n) is 3.49. The van der Waals surface area contributed by atoms with Crippen LogP contribution in [0, 0.1) is 5.41 Å². The molecular formula is C13H22N2O5. The van der Waals surface area contributed by atoms with E-state index in [2.05, 4.69) is 5.32 Å². The quantitative estimate of drug-likeness (QED) is 0.798. The van der Waals surface area contributed by atoms with Crippen molar-refractivity contribution in [1.82, 2.24) is 10.2 Å². The summed E-state index contributed by atoms with van der Waals surface area (Å²) in [5.74, 6) is -1.64. The van der Waals surface area contributed by atoms with Crippen molar-refractivity contribution in [2.24, 2.45) is 5.41 Å². The van der Waals surface area contributed by atoms with Gasteiger partial charge in [0.15, 0.2) is 0 Å². The fraction of sp³-hybridized carbons (Fsp3) is 0.769. The highest BCUT2D eigenvalue weighted by atomic mass is 16.5. The number of likely N-dealkylation sites (tertiary alicyclic amines) is 1. The number of hydrogen-bond donors (Lipinski definition) is 2. The first-order chi connectivity index (χ1) is 9.26. The molecule has 1 fully saturated rings. The average Bonchev–Trinajstić information content (AvgIpc) is 2.37. The van der Waals surface area contributed by atoms with Crippen molar-refractivity contribution in [3.63, 3.8) is 0 Å². The van der Waals surface area contributed by atoms with Gasteiger partial charge < -0.3 is 14.7 Å². The van der Waals surface area contributed by atoms with Crippen LogP contribution < -0.4 is 5.32 Å². The summed E-state index contributed by atoms with van der Waals surface area (Å²) in [5, 5.41) is 11.2. The highest BCUT2D eigenvalue weighted by molar-refractivity contribution is 5.96. The molecule has 0 aromatic carbocycles. The van der Waals surface area contributed by atoms with Crippen LogP contribution in [0.25, 0.3) is 0 Å². The van der Waals surface area contributed by atoms with Crippen LogP contribution in [0.3, 0.4) is 0 Å². The fourth-order valence-corrected chi connectivity index (χ4v) is 2.01. The predicted octanol–water partition coefficient (Wildman–Crippen LogP) is 0.834. The van der Waals surface area contributed by atoms with Gasteiger partial charge in [-0.25, -0.2) is 4.79 Å². The van der Waals surface area contributed by atoms with Crippen LogP contribution in [0.5, 0.6) is 0 Å². The van der Waals surface area contributed by atoms with Gasteiger partial charge in [0.05, 0.1) is 11.5 Å².